The lowest BCUT2D eigenvalue weighted by molar-refractivity contribution is -0.384. The number of ether oxygens (including phenoxy) is 1. The zero-order chi connectivity index (χ0) is 22.7. The standard InChI is InChI=1S/C23H13ClN2O6/c24-17-7-3-15(4-8-17)21-20(23(28)32-25-21)13-14-1-11-19(12-2-14)31-22(27)16-5-9-18(10-6-16)26(29)30/h1-13H. The summed E-state index contributed by atoms with van der Waals surface area (Å²) in [5.41, 5.74) is 2.07. The lowest BCUT2D eigenvalue weighted by Gasteiger charge is -2.05. The van der Waals surface area contributed by atoms with Gasteiger partial charge in [0.1, 0.15) is 11.5 Å². The lowest BCUT2D eigenvalue weighted by atomic mass is 10.0. The number of oxime groups is 1. The van der Waals surface area contributed by atoms with Crippen molar-refractivity contribution in [1.82, 2.24) is 0 Å². The summed E-state index contributed by atoms with van der Waals surface area (Å²) in [6.45, 7) is 0. The number of nitro groups is 1. The van der Waals surface area contributed by atoms with Crippen molar-refractivity contribution < 1.29 is 24.1 Å². The number of non-ortho nitro benzene ring substituents is 1. The molecule has 0 radical (unpaired) electrons. The molecule has 0 aliphatic carbocycles. The molecule has 4 rings (SSSR count). The van der Waals surface area contributed by atoms with Gasteiger partial charge in [-0.1, -0.05) is 41.0 Å². The zero-order valence-corrected chi connectivity index (χ0v) is 17.0. The molecular weight excluding hydrogens is 436 g/mol. The molecule has 0 unspecified atom stereocenters. The Kier molecular flexibility index (Phi) is 5.78. The van der Waals surface area contributed by atoms with Crippen molar-refractivity contribution in [2.45, 2.75) is 0 Å². The summed E-state index contributed by atoms with van der Waals surface area (Å²) in [5, 5.41) is 15.1. The highest BCUT2D eigenvalue weighted by molar-refractivity contribution is 6.32. The molecule has 0 aromatic heterocycles. The van der Waals surface area contributed by atoms with E-state index in [-0.39, 0.29) is 22.6 Å². The molecule has 0 saturated carbocycles. The number of esters is 1. The number of nitrogens with zero attached hydrogens (tertiary/aromatic N) is 2. The maximum absolute atomic E-state index is 12.2. The minimum absolute atomic E-state index is 0.120. The van der Waals surface area contributed by atoms with E-state index in [1.165, 1.54) is 24.3 Å². The van der Waals surface area contributed by atoms with Crippen LogP contribution in [-0.2, 0) is 9.63 Å². The van der Waals surface area contributed by atoms with Crippen molar-refractivity contribution >= 4 is 41.0 Å². The second-order valence-electron chi connectivity index (χ2n) is 6.65. The van der Waals surface area contributed by atoms with E-state index in [2.05, 4.69) is 5.16 Å². The van der Waals surface area contributed by atoms with Crippen LogP contribution in [0.25, 0.3) is 6.08 Å². The number of nitro benzene ring substituents is 1. The van der Waals surface area contributed by atoms with Crippen LogP contribution in [0.1, 0.15) is 21.5 Å². The third-order valence-corrected chi connectivity index (χ3v) is 4.78. The summed E-state index contributed by atoms with van der Waals surface area (Å²) >= 11 is 5.91. The average Bonchev–Trinajstić information content (AvgIpc) is 3.15. The predicted molar refractivity (Wildman–Crippen MR) is 117 cm³/mol. The van der Waals surface area contributed by atoms with Crippen LogP contribution in [0.15, 0.2) is 83.5 Å². The minimum atomic E-state index is -0.650. The molecule has 0 saturated heterocycles. The topological polar surface area (TPSA) is 108 Å². The quantitative estimate of drug-likeness (QED) is 0.138. The van der Waals surface area contributed by atoms with Gasteiger partial charge in [0.2, 0.25) is 0 Å². The van der Waals surface area contributed by atoms with Gasteiger partial charge in [0.15, 0.2) is 0 Å². The Morgan fingerprint density at radius 1 is 1.00 bits per heavy atom. The van der Waals surface area contributed by atoms with Gasteiger partial charge in [0.05, 0.1) is 16.1 Å². The number of hydrogen-bond donors (Lipinski definition) is 0. The van der Waals surface area contributed by atoms with Crippen LogP contribution in [0.2, 0.25) is 5.02 Å². The maximum atomic E-state index is 12.2. The van der Waals surface area contributed by atoms with Crippen molar-refractivity contribution in [3.8, 4) is 5.75 Å². The van der Waals surface area contributed by atoms with Gasteiger partial charge in [-0.15, -0.1) is 0 Å². The molecule has 32 heavy (non-hydrogen) atoms. The third kappa shape index (κ3) is 4.55. The molecule has 3 aromatic rings. The van der Waals surface area contributed by atoms with Crippen LogP contribution in [-0.4, -0.2) is 22.6 Å². The van der Waals surface area contributed by atoms with Crippen LogP contribution < -0.4 is 4.74 Å². The van der Waals surface area contributed by atoms with Crippen molar-refractivity contribution in [3.05, 3.63) is 110 Å². The van der Waals surface area contributed by atoms with Crippen LogP contribution >= 0.6 is 11.6 Å². The van der Waals surface area contributed by atoms with Crippen molar-refractivity contribution in [3.63, 3.8) is 0 Å². The summed E-state index contributed by atoms with van der Waals surface area (Å²) in [7, 11) is 0. The molecule has 1 aliphatic rings. The highest BCUT2D eigenvalue weighted by Gasteiger charge is 2.26. The van der Waals surface area contributed by atoms with E-state index in [0.29, 0.717) is 21.9 Å². The Bertz CT molecular complexity index is 1260. The largest absolute Gasteiger partial charge is 0.423 e. The molecule has 1 aliphatic heterocycles. The van der Waals surface area contributed by atoms with Crippen LogP contribution in [0.5, 0.6) is 5.75 Å². The first-order chi connectivity index (χ1) is 15.4. The Labute approximate surface area is 186 Å². The highest BCUT2D eigenvalue weighted by Crippen LogP contribution is 2.23. The highest BCUT2D eigenvalue weighted by atomic mass is 35.5. The van der Waals surface area contributed by atoms with Gasteiger partial charge >= 0.3 is 11.9 Å². The van der Waals surface area contributed by atoms with Gasteiger partial charge in [-0.25, -0.2) is 9.59 Å². The van der Waals surface area contributed by atoms with Gasteiger partial charge < -0.3 is 9.57 Å². The van der Waals surface area contributed by atoms with E-state index in [1.54, 1.807) is 54.6 Å². The molecule has 0 atom stereocenters. The molecule has 0 spiro atoms. The van der Waals surface area contributed by atoms with E-state index in [0.717, 1.165) is 0 Å². The first kappa shape index (κ1) is 21.0. The third-order valence-electron chi connectivity index (χ3n) is 4.53. The second-order valence-corrected chi connectivity index (χ2v) is 7.08. The minimum Gasteiger partial charge on any atom is -0.423 e. The fourth-order valence-corrected chi connectivity index (χ4v) is 3.04. The number of carbonyl (C=O) groups is 2. The Morgan fingerprint density at radius 2 is 1.66 bits per heavy atom. The molecule has 9 heteroatoms. The summed E-state index contributed by atoms with van der Waals surface area (Å²) in [6, 6.07) is 18.4. The summed E-state index contributed by atoms with van der Waals surface area (Å²) in [4.78, 5) is 39.3. The van der Waals surface area contributed by atoms with E-state index >= 15 is 0 Å². The molecule has 158 valence electrons. The Hall–Kier alpha value is -4.30. The first-order valence-corrected chi connectivity index (χ1v) is 9.62. The SMILES string of the molecule is O=C1ON=C(c2ccc(Cl)cc2)C1=Cc1ccc(OC(=O)c2ccc([N+](=O)[O-])cc2)cc1. The number of carbonyl (C=O) groups excluding carboxylic acids is 2. The van der Waals surface area contributed by atoms with Gasteiger partial charge in [0.25, 0.3) is 5.69 Å². The van der Waals surface area contributed by atoms with Crippen molar-refractivity contribution in [1.29, 1.82) is 0 Å². The molecule has 8 nitrogen and oxygen atoms in total. The molecule has 0 N–H and O–H groups in total. The smallest absolute Gasteiger partial charge is 0.368 e. The van der Waals surface area contributed by atoms with Gasteiger partial charge in [-0.05, 0) is 48.0 Å². The molecule has 0 bridgehead atoms. The van der Waals surface area contributed by atoms with Gasteiger partial charge in [-0.2, -0.15) is 0 Å². The fourth-order valence-electron chi connectivity index (χ4n) is 2.91. The molecule has 1 heterocycles. The summed E-state index contributed by atoms with van der Waals surface area (Å²) < 4.78 is 5.29. The number of hydrogen-bond acceptors (Lipinski definition) is 7. The molecule has 3 aromatic carbocycles. The van der Waals surface area contributed by atoms with E-state index in [9.17, 15) is 19.7 Å². The van der Waals surface area contributed by atoms with Gasteiger partial charge in [0, 0.05) is 22.7 Å². The number of rotatable bonds is 5. The van der Waals surface area contributed by atoms with E-state index in [1.807, 2.05) is 0 Å². The van der Waals surface area contributed by atoms with Crippen LogP contribution in [0, 0.1) is 10.1 Å². The monoisotopic (exact) mass is 448 g/mol. The predicted octanol–water partition coefficient (Wildman–Crippen LogP) is 4.81. The number of halogens is 1. The first-order valence-electron chi connectivity index (χ1n) is 9.25. The lowest BCUT2D eigenvalue weighted by Crippen LogP contribution is -2.08. The summed E-state index contributed by atoms with van der Waals surface area (Å²) in [6.07, 6.45) is 1.62. The molecule has 0 amide bonds. The zero-order valence-electron chi connectivity index (χ0n) is 16.2. The second kappa shape index (κ2) is 8.83. The molecule has 0 fully saturated rings. The van der Waals surface area contributed by atoms with Gasteiger partial charge in [-0.3, -0.25) is 10.1 Å². The Balaban J connectivity index is 1.49. The normalized spacial score (nSPS) is 14.1. The fraction of sp³-hybridized carbons (Fsp3) is 0. The van der Waals surface area contributed by atoms with E-state index in [4.69, 9.17) is 21.2 Å². The summed E-state index contributed by atoms with van der Waals surface area (Å²) in [5.74, 6) is -0.956. The van der Waals surface area contributed by atoms with Crippen molar-refractivity contribution in [2.75, 3.05) is 0 Å². The average molecular weight is 449 g/mol. The van der Waals surface area contributed by atoms with E-state index < -0.39 is 16.9 Å². The Morgan fingerprint density at radius 3 is 2.28 bits per heavy atom. The van der Waals surface area contributed by atoms with Crippen molar-refractivity contribution in [2.24, 2.45) is 5.16 Å². The number of benzene rings is 3. The van der Waals surface area contributed by atoms with Crippen LogP contribution in [0.3, 0.4) is 0 Å². The van der Waals surface area contributed by atoms with Crippen LogP contribution in [0.4, 0.5) is 5.69 Å². The molecular formula is C23H13ClN2O6. The maximum Gasteiger partial charge on any atom is 0.368 e.